The smallest absolute Gasteiger partial charge is 0.338 e. The number of methoxy groups -OCH3 is 1. The average Bonchev–Trinajstić information content (AvgIpc) is 3.12. The molecule has 3 amide bonds. The van der Waals surface area contributed by atoms with E-state index in [-0.39, 0.29) is 34.3 Å². The third kappa shape index (κ3) is 5.49. The fourth-order valence-corrected chi connectivity index (χ4v) is 4.04. The Bertz CT molecular complexity index is 1470. The maximum absolute atomic E-state index is 13.2. The van der Waals surface area contributed by atoms with Gasteiger partial charge in [-0.1, -0.05) is 29.3 Å². The van der Waals surface area contributed by atoms with Crippen molar-refractivity contribution < 1.29 is 28.7 Å². The molecule has 0 saturated heterocycles. The summed E-state index contributed by atoms with van der Waals surface area (Å²) in [6.07, 6.45) is 0. The number of ether oxygens (including phenoxy) is 2. The molecule has 11 heteroatoms. The highest BCUT2D eigenvalue weighted by Gasteiger charge is 2.40. The van der Waals surface area contributed by atoms with Gasteiger partial charge in [-0.15, -0.1) is 0 Å². The van der Waals surface area contributed by atoms with Gasteiger partial charge in [0.2, 0.25) is 0 Å². The molecule has 3 aromatic rings. The van der Waals surface area contributed by atoms with Gasteiger partial charge in [0.05, 0.1) is 25.0 Å². The Kier molecular flexibility index (Phi) is 7.99. The minimum absolute atomic E-state index is 0.145. The van der Waals surface area contributed by atoms with Crippen molar-refractivity contribution in [1.82, 2.24) is 0 Å². The van der Waals surface area contributed by atoms with Crippen molar-refractivity contribution >= 4 is 64.0 Å². The third-order valence-electron chi connectivity index (χ3n) is 5.46. The van der Waals surface area contributed by atoms with Gasteiger partial charge in [0, 0.05) is 22.0 Å². The van der Waals surface area contributed by atoms with E-state index in [4.69, 9.17) is 32.7 Å². The first-order valence-corrected chi connectivity index (χ1v) is 12.1. The van der Waals surface area contributed by atoms with Crippen LogP contribution in [0.3, 0.4) is 0 Å². The molecule has 0 fully saturated rings. The van der Waals surface area contributed by atoms with E-state index in [1.54, 1.807) is 55.5 Å². The summed E-state index contributed by atoms with van der Waals surface area (Å²) in [6.45, 7) is 1.98. The van der Waals surface area contributed by atoms with Crippen molar-refractivity contribution in [2.45, 2.75) is 6.92 Å². The second kappa shape index (κ2) is 11.4. The lowest BCUT2D eigenvalue weighted by molar-refractivity contribution is -0.120. The minimum atomic E-state index is -0.750. The lowest BCUT2D eigenvalue weighted by atomic mass is 10.1. The van der Waals surface area contributed by atoms with Gasteiger partial charge in [0.25, 0.3) is 17.7 Å². The fraction of sp³-hybridized carbons (Fsp3) is 0.111. The van der Waals surface area contributed by atoms with Crippen LogP contribution in [0.5, 0.6) is 5.75 Å². The number of halogens is 2. The number of benzene rings is 3. The van der Waals surface area contributed by atoms with Crippen LogP contribution in [0, 0.1) is 0 Å². The first kappa shape index (κ1) is 26.7. The SMILES string of the molecule is CCOC(=O)c1ccc(NC(=O)c2cccc(NC3=C(Cl)C(=O)N(c4cc(Cl)ccc4OC)C3=O)c2)cc1. The molecular formula is C27H21Cl2N3O6. The Balaban J connectivity index is 1.50. The van der Waals surface area contributed by atoms with Gasteiger partial charge in [0.1, 0.15) is 16.5 Å². The van der Waals surface area contributed by atoms with Crippen molar-refractivity contribution in [2.24, 2.45) is 0 Å². The number of nitrogens with one attached hydrogen (secondary N) is 2. The van der Waals surface area contributed by atoms with E-state index < -0.39 is 23.7 Å². The molecule has 194 valence electrons. The predicted octanol–water partition coefficient (Wildman–Crippen LogP) is 5.21. The van der Waals surface area contributed by atoms with Crippen LogP contribution in [0.25, 0.3) is 0 Å². The molecule has 2 N–H and O–H groups in total. The lowest BCUT2D eigenvalue weighted by Gasteiger charge is -2.18. The summed E-state index contributed by atoms with van der Waals surface area (Å²) in [6, 6.07) is 17.1. The number of hydrogen-bond donors (Lipinski definition) is 2. The summed E-state index contributed by atoms with van der Waals surface area (Å²) in [7, 11) is 1.40. The summed E-state index contributed by atoms with van der Waals surface area (Å²) in [5, 5.41) is 5.55. The average molecular weight is 554 g/mol. The van der Waals surface area contributed by atoms with E-state index in [0.717, 1.165) is 4.90 Å². The molecule has 1 heterocycles. The van der Waals surface area contributed by atoms with Crippen LogP contribution in [0.4, 0.5) is 17.1 Å². The Labute approximate surface area is 227 Å². The minimum Gasteiger partial charge on any atom is -0.495 e. The molecule has 0 atom stereocenters. The monoisotopic (exact) mass is 553 g/mol. The van der Waals surface area contributed by atoms with E-state index in [0.29, 0.717) is 22.0 Å². The Morgan fingerprint density at radius 1 is 0.895 bits per heavy atom. The van der Waals surface area contributed by atoms with Gasteiger partial charge >= 0.3 is 5.97 Å². The topological polar surface area (TPSA) is 114 Å². The van der Waals surface area contributed by atoms with Crippen molar-refractivity contribution in [3.8, 4) is 5.75 Å². The number of anilines is 3. The second-order valence-electron chi connectivity index (χ2n) is 7.91. The number of carbonyl (C=O) groups excluding carboxylic acids is 4. The molecule has 4 rings (SSSR count). The molecule has 1 aliphatic rings. The van der Waals surface area contributed by atoms with Gasteiger partial charge in [0.15, 0.2) is 0 Å². The number of amides is 3. The third-order valence-corrected chi connectivity index (χ3v) is 6.04. The maximum Gasteiger partial charge on any atom is 0.338 e. The van der Waals surface area contributed by atoms with E-state index in [9.17, 15) is 19.2 Å². The van der Waals surface area contributed by atoms with Gasteiger partial charge < -0.3 is 20.1 Å². The van der Waals surface area contributed by atoms with Crippen LogP contribution >= 0.6 is 23.2 Å². The van der Waals surface area contributed by atoms with Crippen LogP contribution in [-0.4, -0.2) is 37.4 Å². The Morgan fingerprint density at radius 3 is 2.32 bits per heavy atom. The van der Waals surface area contributed by atoms with Crippen molar-refractivity contribution in [3.05, 3.63) is 93.6 Å². The number of carbonyl (C=O) groups is 4. The number of esters is 1. The molecule has 0 unspecified atom stereocenters. The van der Waals surface area contributed by atoms with Crippen LogP contribution < -0.4 is 20.3 Å². The molecule has 38 heavy (non-hydrogen) atoms. The van der Waals surface area contributed by atoms with Crippen molar-refractivity contribution in [1.29, 1.82) is 0 Å². The normalized spacial score (nSPS) is 13.0. The standard InChI is InChI=1S/C27H21Cl2N3O6/c1-3-38-27(36)15-7-10-18(11-8-15)31-24(33)16-5-4-6-19(13-16)30-23-22(29)25(34)32(26(23)35)20-14-17(28)9-12-21(20)37-2/h4-14,30H,3H2,1-2H3,(H,31,33). The van der Waals surface area contributed by atoms with Crippen LogP contribution in [0.15, 0.2) is 77.5 Å². The summed E-state index contributed by atoms with van der Waals surface area (Å²) < 4.78 is 10.2. The van der Waals surface area contributed by atoms with Gasteiger partial charge in [-0.3, -0.25) is 14.4 Å². The largest absolute Gasteiger partial charge is 0.495 e. The molecule has 0 saturated carbocycles. The first-order chi connectivity index (χ1) is 18.2. The zero-order valence-electron chi connectivity index (χ0n) is 20.2. The summed E-state index contributed by atoms with van der Waals surface area (Å²) in [4.78, 5) is 51.5. The second-order valence-corrected chi connectivity index (χ2v) is 8.72. The molecule has 0 spiro atoms. The highest BCUT2D eigenvalue weighted by atomic mass is 35.5. The molecule has 0 radical (unpaired) electrons. The number of nitrogens with zero attached hydrogens (tertiary/aromatic N) is 1. The van der Waals surface area contributed by atoms with E-state index in [1.165, 1.54) is 25.3 Å². The Hall–Kier alpha value is -4.34. The number of hydrogen-bond acceptors (Lipinski definition) is 7. The molecule has 0 aliphatic carbocycles. The number of rotatable bonds is 8. The Morgan fingerprint density at radius 2 is 1.63 bits per heavy atom. The van der Waals surface area contributed by atoms with Crippen LogP contribution in [0.2, 0.25) is 5.02 Å². The van der Waals surface area contributed by atoms with Gasteiger partial charge in [-0.05, 0) is 67.6 Å². The van der Waals surface area contributed by atoms with Gasteiger partial charge in [-0.2, -0.15) is 0 Å². The molecule has 0 aromatic heterocycles. The highest BCUT2D eigenvalue weighted by molar-refractivity contribution is 6.53. The van der Waals surface area contributed by atoms with E-state index >= 15 is 0 Å². The van der Waals surface area contributed by atoms with Gasteiger partial charge in [-0.25, -0.2) is 9.69 Å². The van der Waals surface area contributed by atoms with Crippen molar-refractivity contribution in [3.63, 3.8) is 0 Å². The molecule has 9 nitrogen and oxygen atoms in total. The fourth-order valence-electron chi connectivity index (χ4n) is 3.66. The van der Waals surface area contributed by atoms with Crippen LogP contribution in [-0.2, 0) is 14.3 Å². The highest BCUT2D eigenvalue weighted by Crippen LogP contribution is 2.37. The summed E-state index contributed by atoms with van der Waals surface area (Å²) in [5.74, 6) is -2.09. The molecule has 3 aromatic carbocycles. The molecule has 1 aliphatic heterocycles. The van der Waals surface area contributed by atoms with Crippen molar-refractivity contribution in [2.75, 3.05) is 29.3 Å². The maximum atomic E-state index is 13.2. The summed E-state index contributed by atoms with van der Waals surface area (Å²) in [5.41, 5.74) is 1.44. The van der Waals surface area contributed by atoms with E-state index in [1.807, 2.05) is 0 Å². The molecular weight excluding hydrogens is 533 g/mol. The predicted molar refractivity (Wildman–Crippen MR) is 144 cm³/mol. The first-order valence-electron chi connectivity index (χ1n) is 11.3. The van der Waals surface area contributed by atoms with E-state index in [2.05, 4.69) is 10.6 Å². The lowest BCUT2D eigenvalue weighted by Crippen LogP contribution is -2.32. The number of imide groups is 1. The zero-order chi connectivity index (χ0) is 27.4. The zero-order valence-corrected chi connectivity index (χ0v) is 21.7. The summed E-state index contributed by atoms with van der Waals surface area (Å²) >= 11 is 12.3. The molecule has 0 bridgehead atoms. The van der Waals surface area contributed by atoms with Crippen LogP contribution in [0.1, 0.15) is 27.6 Å². The quantitative estimate of drug-likeness (QED) is 0.290.